The number of hydrogen-bond acceptors (Lipinski definition) is 2. The second-order valence-corrected chi connectivity index (χ2v) is 7.43. The molecule has 0 aliphatic carbocycles. The number of nitrogens with zero attached hydrogens (tertiary/aromatic N) is 2. The number of hydrogen-bond donors (Lipinski definition) is 0. The van der Waals surface area contributed by atoms with Crippen LogP contribution in [0.2, 0.25) is 10.0 Å². The normalized spacial score (nSPS) is 12.1. The van der Waals surface area contributed by atoms with Gasteiger partial charge in [-0.25, -0.2) is 0 Å². The van der Waals surface area contributed by atoms with Crippen molar-refractivity contribution in [3.05, 3.63) is 61.9 Å². The van der Waals surface area contributed by atoms with Gasteiger partial charge in [0.25, 0.3) is 5.91 Å². The third kappa shape index (κ3) is 3.14. The van der Waals surface area contributed by atoms with E-state index in [9.17, 15) is 4.79 Å². The lowest BCUT2D eigenvalue weighted by atomic mass is 10.1. The molecule has 3 aromatic rings. The first-order chi connectivity index (χ1) is 11.4. The van der Waals surface area contributed by atoms with Gasteiger partial charge in [0.2, 0.25) is 0 Å². The number of rotatable bonds is 2. The molecule has 0 fully saturated rings. The average Bonchev–Trinajstić information content (AvgIpc) is 2.86. The minimum atomic E-state index is -0.385. The molecular formula is C18H16Cl2N2OS. The minimum absolute atomic E-state index is 0.316. The molecule has 0 radical (unpaired) electrons. The fourth-order valence-electron chi connectivity index (χ4n) is 2.52. The number of benzene rings is 2. The minimum Gasteiger partial charge on any atom is -0.317 e. The molecule has 0 bridgehead atoms. The van der Waals surface area contributed by atoms with Crippen molar-refractivity contribution in [2.24, 2.45) is 4.99 Å². The summed E-state index contributed by atoms with van der Waals surface area (Å²) >= 11 is 13.6. The highest BCUT2D eigenvalue weighted by atomic mass is 35.5. The first-order valence-electron chi connectivity index (χ1n) is 7.55. The molecule has 0 atom stereocenters. The molecule has 24 heavy (non-hydrogen) atoms. The fraction of sp³-hybridized carbons (Fsp3) is 0.222. The third-order valence-corrected chi connectivity index (χ3v) is 5.58. The zero-order valence-electron chi connectivity index (χ0n) is 13.6. The highest BCUT2D eigenvalue weighted by Gasteiger charge is 2.12. The van der Waals surface area contributed by atoms with E-state index in [-0.39, 0.29) is 5.91 Å². The molecular weight excluding hydrogens is 363 g/mol. The lowest BCUT2D eigenvalue weighted by Gasteiger charge is -2.04. The second-order valence-electron chi connectivity index (χ2n) is 5.57. The highest BCUT2D eigenvalue weighted by molar-refractivity contribution is 7.16. The molecule has 124 valence electrons. The van der Waals surface area contributed by atoms with Crippen LogP contribution in [-0.2, 0) is 6.54 Å². The summed E-state index contributed by atoms with van der Waals surface area (Å²) in [5.74, 6) is -0.385. The van der Waals surface area contributed by atoms with Gasteiger partial charge in [-0.1, -0.05) is 34.5 Å². The number of aryl methyl sites for hydroxylation is 3. The van der Waals surface area contributed by atoms with E-state index < -0.39 is 0 Å². The van der Waals surface area contributed by atoms with Gasteiger partial charge < -0.3 is 4.57 Å². The molecule has 1 amide bonds. The number of aromatic nitrogens is 1. The molecule has 3 nitrogen and oxygen atoms in total. The number of carbonyl (C=O) groups is 1. The summed E-state index contributed by atoms with van der Waals surface area (Å²) in [6.07, 6.45) is 0. The highest BCUT2D eigenvalue weighted by Crippen LogP contribution is 2.23. The van der Waals surface area contributed by atoms with Crippen LogP contribution in [0.5, 0.6) is 0 Å². The van der Waals surface area contributed by atoms with Gasteiger partial charge in [-0.2, -0.15) is 4.99 Å². The van der Waals surface area contributed by atoms with Crippen LogP contribution in [0, 0.1) is 13.8 Å². The Morgan fingerprint density at radius 1 is 1.17 bits per heavy atom. The van der Waals surface area contributed by atoms with Crippen molar-refractivity contribution in [1.29, 1.82) is 0 Å². The van der Waals surface area contributed by atoms with E-state index in [1.165, 1.54) is 22.5 Å². The van der Waals surface area contributed by atoms with Gasteiger partial charge in [-0.3, -0.25) is 4.79 Å². The van der Waals surface area contributed by atoms with Crippen molar-refractivity contribution in [2.45, 2.75) is 27.3 Å². The number of amides is 1. The van der Waals surface area contributed by atoms with Gasteiger partial charge in [-0.15, -0.1) is 0 Å². The maximum absolute atomic E-state index is 12.5. The van der Waals surface area contributed by atoms with Crippen LogP contribution in [-0.4, -0.2) is 10.5 Å². The smallest absolute Gasteiger partial charge is 0.281 e. The third-order valence-electron chi connectivity index (χ3n) is 3.97. The van der Waals surface area contributed by atoms with E-state index in [2.05, 4.69) is 31.0 Å². The van der Waals surface area contributed by atoms with Crippen LogP contribution >= 0.6 is 34.5 Å². The van der Waals surface area contributed by atoms with Crippen molar-refractivity contribution in [3.63, 3.8) is 0 Å². The summed E-state index contributed by atoms with van der Waals surface area (Å²) in [5.41, 5.74) is 3.85. The van der Waals surface area contributed by atoms with E-state index >= 15 is 0 Å². The Labute approximate surface area is 154 Å². The molecule has 6 heteroatoms. The van der Waals surface area contributed by atoms with E-state index in [0.29, 0.717) is 20.4 Å². The van der Waals surface area contributed by atoms with Crippen LogP contribution in [0.25, 0.3) is 10.2 Å². The summed E-state index contributed by atoms with van der Waals surface area (Å²) in [6, 6.07) is 9.08. The van der Waals surface area contributed by atoms with E-state index in [0.717, 1.165) is 16.8 Å². The maximum Gasteiger partial charge on any atom is 0.281 e. The SMILES string of the molecule is CCn1c(=NC(=O)c2cc(Cl)ccc2Cl)sc2cc(C)c(C)cc21. The Bertz CT molecular complexity index is 1020. The molecule has 0 N–H and O–H groups in total. The molecule has 1 aromatic heterocycles. The number of thiazole rings is 1. The monoisotopic (exact) mass is 378 g/mol. The van der Waals surface area contributed by atoms with Crippen molar-refractivity contribution < 1.29 is 4.79 Å². The van der Waals surface area contributed by atoms with Gasteiger partial charge in [0.1, 0.15) is 0 Å². The summed E-state index contributed by atoms with van der Waals surface area (Å²) in [7, 11) is 0. The maximum atomic E-state index is 12.5. The van der Waals surface area contributed by atoms with Gasteiger partial charge in [0.15, 0.2) is 4.80 Å². The first kappa shape index (κ1) is 17.2. The zero-order chi connectivity index (χ0) is 17.4. The largest absolute Gasteiger partial charge is 0.317 e. The summed E-state index contributed by atoms with van der Waals surface area (Å²) in [5, 5.41) is 0.813. The lowest BCUT2D eigenvalue weighted by molar-refractivity contribution is 0.0998. The van der Waals surface area contributed by atoms with Gasteiger partial charge in [0.05, 0.1) is 20.8 Å². The summed E-state index contributed by atoms with van der Waals surface area (Å²) < 4.78 is 3.16. The number of halogens is 2. The van der Waals surface area contributed by atoms with Crippen LogP contribution in [0.3, 0.4) is 0 Å². The van der Waals surface area contributed by atoms with Gasteiger partial charge in [-0.05, 0) is 62.2 Å². The summed E-state index contributed by atoms with van der Waals surface area (Å²) in [4.78, 5) is 17.5. The molecule has 2 aromatic carbocycles. The second kappa shape index (κ2) is 6.71. The molecule has 1 heterocycles. The van der Waals surface area contributed by atoms with Crippen molar-refractivity contribution in [2.75, 3.05) is 0 Å². The first-order valence-corrected chi connectivity index (χ1v) is 9.12. The fourth-order valence-corrected chi connectivity index (χ4v) is 4.06. The van der Waals surface area contributed by atoms with Crippen molar-refractivity contribution in [3.8, 4) is 0 Å². The quantitative estimate of drug-likeness (QED) is 0.588. The van der Waals surface area contributed by atoms with Gasteiger partial charge in [0, 0.05) is 11.6 Å². The Morgan fingerprint density at radius 3 is 2.58 bits per heavy atom. The zero-order valence-corrected chi connectivity index (χ0v) is 15.9. The van der Waals surface area contributed by atoms with Crippen LogP contribution in [0.4, 0.5) is 0 Å². The van der Waals surface area contributed by atoms with Crippen LogP contribution in [0.1, 0.15) is 28.4 Å². The molecule has 0 saturated heterocycles. The Morgan fingerprint density at radius 2 is 1.88 bits per heavy atom. The molecule has 0 aliphatic heterocycles. The van der Waals surface area contributed by atoms with E-state index in [1.807, 2.05) is 11.5 Å². The number of fused-ring (bicyclic) bond motifs is 1. The van der Waals surface area contributed by atoms with Crippen LogP contribution < -0.4 is 4.80 Å². The molecule has 0 saturated carbocycles. The Kier molecular flexibility index (Phi) is 4.81. The van der Waals surface area contributed by atoms with E-state index in [1.54, 1.807) is 18.2 Å². The number of carbonyl (C=O) groups excluding carboxylic acids is 1. The standard InChI is InChI=1S/C18H16Cl2N2OS/c1-4-22-15-7-10(2)11(3)8-16(15)24-18(22)21-17(23)13-9-12(19)5-6-14(13)20/h5-9H,4H2,1-3H3. The van der Waals surface area contributed by atoms with Crippen LogP contribution in [0.15, 0.2) is 35.3 Å². The molecule has 3 rings (SSSR count). The van der Waals surface area contributed by atoms with Crippen molar-refractivity contribution in [1.82, 2.24) is 4.57 Å². The predicted molar refractivity (Wildman–Crippen MR) is 101 cm³/mol. The molecule has 0 spiro atoms. The lowest BCUT2D eigenvalue weighted by Crippen LogP contribution is -2.16. The van der Waals surface area contributed by atoms with E-state index in [4.69, 9.17) is 23.2 Å². The molecule has 0 aliphatic rings. The average molecular weight is 379 g/mol. The topological polar surface area (TPSA) is 34.4 Å². The molecule has 0 unspecified atom stereocenters. The van der Waals surface area contributed by atoms with Crippen molar-refractivity contribution >= 4 is 50.7 Å². The predicted octanol–water partition coefficient (Wildman–Crippen LogP) is 5.39. The van der Waals surface area contributed by atoms with Gasteiger partial charge >= 0.3 is 0 Å². The Balaban J connectivity index is 2.19. The Hall–Kier alpha value is -1.62. The summed E-state index contributed by atoms with van der Waals surface area (Å²) in [6.45, 7) is 6.94.